The maximum atomic E-state index is 12.5. The van der Waals surface area contributed by atoms with E-state index in [4.69, 9.17) is 0 Å². The second-order valence-electron chi connectivity index (χ2n) is 7.61. The number of nitrogens with one attached hydrogen (secondary N) is 1. The molecule has 6 heteroatoms. The van der Waals surface area contributed by atoms with Gasteiger partial charge < -0.3 is 15.3 Å². The van der Waals surface area contributed by atoms with Crippen molar-refractivity contribution >= 4 is 11.8 Å². The molecule has 0 aromatic carbocycles. The van der Waals surface area contributed by atoms with Crippen LogP contribution in [0.1, 0.15) is 51.4 Å². The number of carbonyl (C=O) groups is 2. The molecule has 2 saturated heterocycles. The van der Waals surface area contributed by atoms with E-state index in [0.717, 1.165) is 38.8 Å². The van der Waals surface area contributed by atoms with Gasteiger partial charge in [0.05, 0.1) is 12.1 Å². The van der Waals surface area contributed by atoms with Crippen LogP contribution in [-0.4, -0.2) is 71.6 Å². The summed E-state index contributed by atoms with van der Waals surface area (Å²) in [6.45, 7) is 2.07. The number of carbonyl (C=O) groups excluding carboxylic acids is 2. The normalized spacial score (nSPS) is 28.7. The van der Waals surface area contributed by atoms with Gasteiger partial charge in [0.1, 0.15) is 0 Å². The summed E-state index contributed by atoms with van der Waals surface area (Å²) < 4.78 is 0. The van der Waals surface area contributed by atoms with E-state index < -0.39 is 6.10 Å². The minimum Gasteiger partial charge on any atom is -0.392 e. The summed E-state index contributed by atoms with van der Waals surface area (Å²) in [5.74, 6) is 0.232. The minimum absolute atomic E-state index is 0.0145. The predicted molar refractivity (Wildman–Crippen MR) is 96.0 cm³/mol. The predicted octanol–water partition coefficient (Wildman–Crippen LogP) is 1.05. The zero-order valence-electron chi connectivity index (χ0n) is 15.2. The molecule has 3 aliphatic rings. The standard InChI is InChI=1S/C19H31N3O3/c1-20-19(25)17-12-16(23)13-22(17)15-7-9-21(10-8-15)18(24)11-14-5-3-2-4-6-14/h5,15-17,23H,2-4,6-13H2,1H3,(H,20,25)/t16-,17+/m1/s1. The van der Waals surface area contributed by atoms with Gasteiger partial charge in [-0.3, -0.25) is 14.5 Å². The van der Waals surface area contributed by atoms with Crippen molar-refractivity contribution in [2.75, 3.05) is 26.7 Å². The highest BCUT2D eigenvalue weighted by atomic mass is 16.3. The average Bonchev–Trinajstić information content (AvgIpc) is 3.04. The van der Waals surface area contributed by atoms with Crippen molar-refractivity contribution in [1.82, 2.24) is 15.1 Å². The van der Waals surface area contributed by atoms with Crippen LogP contribution in [-0.2, 0) is 9.59 Å². The number of nitrogens with zero attached hydrogens (tertiary/aromatic N) is 2. The molecule has 1 aliphatic carbocycles. The molecular formula is C19H31N3O3. The average molecular weight is 349 g/mol. The Morgan fingerprint density at radius 3 is 2.68 bits per heavy atom. The molecule has 6 nitrogen and oxygen atoms in total. The first kappa shape index (κ1) is 18.4. The first-order chi connectivity index (χ1) is 12.1. The number of likely N-dealkylation sites (tertiary alicyclic amines) is 2. The smallest absolute Gasteiger partial charge is 0.237 e. The van der Waals surface area contributed by atoms with Gasteiger partial charge in [-0.25, -0.2) is 0 Å². The van der Waals surface area contributed by atoms with E-state index in [9.17, 15) is 14.7 Å². The van der Waals surface area contributed by atoms with Gasteiger partial charge in [0.2, 0.25) is 11.8 Å². The van der Waals surface area contributed by atoms with Crippen molar-refractivity contribution in [3.8, 4) is 0 Å². The Bertz CT molecular complexity index is 526. The summed E-state index contributed by atoms with van der Waals surface area (Å²) in [5, 5.41) is 12.7. The SMILES string of the molecule is CNC(=O)[C@@H]1C[C@@H](O)CN1C1CCN(C(=O)CC2=CCCCC2)CC1. The Morgan fingerprint density at radius 1 is 1.28 bits per heavy atom. The Hall–Kier alpha value is -1.40. The van der Waals surface area contributed by atoms with Gasteiger partial charge in [0.25, 0.3) is 0 Å². The van der Waals surface area contributed by atoms with Crippen LogP contribution in [0.2, 0.25) is 0 Å². The molecule has 0 unspecified atom stereocenters. The van der Waals surface area contributed by atoms with E-state index in [-0.39, 0.29) is 23.9 Å². The van der Waals surface area contributed by atoms with E-state index in [2.05, 4.69) is 16.3 Å². The number of piperidine rings is 1. The molecule has 3 rings (SSSR count). The Balaban J connectivity index is 1.51. The van der Waals surface area contributed by atoms with Crippen LogP contribution in [0.15, 0.2) is 11.6 Å². The fraction of sp³-hybridized carbons (Fsp3) is 0.789. The highest BCUT2D eigenvalue weighted by Crippen LogP contribution is 2.27. The second-order valence-corrected chi connectivity index (χ2v) is 7.61. The molecule has 2 amide bonds. The highest BCUT2D eigenvalue weighted by molar-refractivity contribution is 5.82. The van der Waals surface area contributed by atoms with E-state index >= 15 is 0 Å². The summed E-state index contributed by atoms with van der Waals surface area (Å²) in [6.07, 6.45) is 9.30. The number of likely N-dealkylation sites (N-methyl/N-ethyl adjacent to an activating group) is 1. The number of hydrogen-bond donors (Lipinski definition) is 2. The van der Waals surface area contributed by atoms with Gasteiger partial charge in [0.15, 0.2) is 0 Å². The molecule has 2 fully saturated rings. The number of aliphatic hydroxyl groups excluding tert-OH is 1. The summed E-state index contributed by atoms with van der Waals surface area (Å²) in [6, 6.07) is 0.0389. The molecular weight excluding hydrogens is 318 g/mol. The molecule has 25 heavy (non-hydrogen) atoms. The van der Waals surface area contributed by atoms with Gasteiger partial charge in [-0.15, -0.1) is 0 Å². The van der Waals surface area contributed by atoms with Gasteiger partial charge >= 0.3 is 0 Å². The lowest BCUT2D eigenvalue weighted by Gasteiger charge is -2.39. The van der Waals surface area contributed by atoms with Crippen LogP contribution in [0.4, 0.5) is 0 Å². The maximum Gasteiger partial charge on any atom is 0.237 e. The summed E-state index contributed by atoms with van der Waals surface area (Å²) in [7, 11) is 1.65. The van der Waals surface area contributed by atoms with Gasteiger partial charge in [0, 0.05) is 39.1 Å². The molecule has 0 aromatic rings. The largest absolute Gasteiger partial charge is 0.392 e. The molecule has 2 N–H and O–H groups in total. The van der Waals surface area contributed by atoms with Crippen LogP contribution < -0.4 is 5.32 Å². The highest BCUT2D eigenvalue weighted by Gasteiger charge is 2.40. The third-order valence-corrected chi connectivity index (χ3v) is 5.92. The van der Waals surface area contributed by atoms with Gasteiger partial charge in [-0.05, 0) is 44.9 Å². The fourth-order valence-electron chi connectivity index (χ4n) is 4.48. The van der Waals surface area contributed by atoms with E-state index in [0.29, 0.717) is 19.4 Å². The van der Waals surface area contributed by atoms with Crippen molar-refractivity contribution in [1.29, 1.82) is 0 Å². The monoisotopic (exact) mass is 349 g/mol. The molecule has 2 heterocycles. The van der Waals surface area contributed by atoms with Crippen LogP contribution in [0.25, 0.3) is 0 Å². The van der Waals surface area contributed by atoms with Gasteiger partial charge in [-0.2, -0.15) is 0 Å². The summed E-state index contributed by atoms with van der Waals surface area (Å²) >= 11 is 0. The maximum absolute atomic E-state index is 12.5. The number of allylic oxidation sites excluding steroid dienone is 1. The van der Waals surface area contributed by atoms with Crippen LogP contribution in [0.5, 0.6) is 0 Å². The molecule has 2 atom stereocenters. The lowest BCUT2D eigenvalue weighted by atomic mass is 9.96. The van der Waals surface area contributed by atoms with Crippen LogP contribution in [0.3, 0.4) is 0 Å². The first-order valence-corrected chi connectivity index (χ1v) is 9.69. The Morgan fingerprint density at radius 2 is 2.04 bits per heavy atom. The Kier molecular flexibility index (Phi) is 6.12. The molecule has 0 aromatic heterocycles. The number of β-amino-alcohol motifs (C(OH)–C–C–N with tert-alkyl or cyclic N) is 1. The zero-order chi connectivity index (χ0) is 17.8. The third kappa shape index (κ3) is 4.42. The molecule has 0 bridgehead atoms. The number of hydrogen-bond acceptors (Lipinski definition) is 4. The summed E-state index contributed by atoms with van der Waals surface area (Å²) in [5.41, 5.74) is 1.31. The van der Waals surface area contributed by atoms with Crippen LogP contribution in [0, 0.1) is 0 Å². The molecule has 0 radical (unpaired) electrons. The molecule has 0 spiro atoms. The molecule has 0 saturated carbocycles. The van der Waals surface area contributed by atoms with Crippen molar-refractivity contribution in [2.24, 2.45) is 0 Å². The minimum atomic E-state index is -0.430. The van der Waals surface area contributed by atoms with Crippen molar-refractivity contribution in [2.45, 2.75) is 69.6 Å². The summed E-state index contributed by atoms with van der Waals surface area (Å²) in [4.78, 5) is 28.7. The van der Waals surface area contributed by atoms with Crippen molar-refractivity contribution in [3.63, 3.8) is 0 Å². The number of rotatable bonds is 4. The molecule has 2 aliphatic heterocycles. The third-order valence-electron chi connectivity index (χ3n) is 5.92. The first-order valence-electron chi connectivity index (χ1n) is 9.69. The fourth-order valence-corrected chi connectivity index (χ4v) is 4.48. The second kappa shape index (κ2) is 8.32. The lowest BCUT2D eigenvalue weighted by molar-refractivity contribution is -0.133. The number of amides is 2. The Labute approximate surface area is 150 Å². The lowest BCUT2D eigenvalue weighted by Crippen LogP contribution is -2.51. The van der Waals surface area contributed by atoms with Crippen molar-refractivity contribution in [3.05, 3.63) is 11.6 Å². The van der Waals surface area contributed by atoms with E-state index in [1.165, 1.54) is 18.4 Å². The zero-order valence-corrected chi connectivity index (χ0v) is 15.2. The topological polar surface area (TPSA) is 72.9 Å². The van der Waals surface area contributed by atoms with E-state index in [1.54, 1.807) is 7.05 Å². The molecule has 140 valence electrons. The number of aliphatic hydroxyl groups is 1. The van der Waals surface area contributed by atoms with Gasteiger partial charge in [-0.1, -0.05) is 11.6 Å². The van der Waals surface area contributed by atoms with E-state index in [1.807, 2.05) is 4.90 Å². The quantitative estimate of drug-likeness (QED) is 0.744. The van der Waals surface area contributed by atoms with Crippen LogP contribution >= 0.6 is 0 Å². The van der Waals surface area contributed by atoms with Crippen molar-refractivity contribution < 1.29 is 14.7 Å².